The van der Waals surface area contributed by atoms with Crippen LogP contribution in [0.1, 0.15) is 5.56 Å². The number of aliphatic hydroxyl groups is 1. The van der Waals surface area contributed by atoms with Gasteiger partial charge in [0.25, 0.3) is 0 Å². The fourth-order valence-corrected chi connectivity index (χ4v) is 1.19. The van der Waals surface area contributed by atoms with Crippen molar-refractivity contribution in [3.8, 4) is 0 Å². The first-order chi connectivity index (χ1) is 5.27. The molecule has 0 bridgehead atoms. The van der Waals surface area contributed by atoms with E-state index in [2.05, 4.69) is 15.6 Å². The molecule has 0 spiro atoms. The highest BCUT2D eigenvalue weighted by atomic mass is 16.3. The van der Waals surface area contributed by atoms with Gasteiger partial charge < -0.3 is 15.7 Å². The molecule has 4 nitrogen and oxygen atoms in total. The largest absolute Gasteiger partial charge is 0.357 e. The van der Waals surface area contributed by atoms with Crippen molar-refractivity contribution >= 4 is 11.4 Å². The zero-order valence-corrected chi connectivity index (χ0v) is 6.13. The summed E-state index contributed by atoms with van der Waals surface area (Å²) in [7, 11) is 0. The summed E-state index contributed by atoms with van der Waals surface area (Å²) in [6.07, 6.45) is 2.77. The van der Waals surface area contributed by atoms with Gasteiger partial charge in [-0.3, -0.25) is 4.98 Å². The molecule has 4 heteroatoms. The quantitative estimate of drug-likeness (QED) is 0.505. The van der Waals surface area contributed by atoms with E-state index in [1.807, 2.05) is 6.92 Å². The maximum absolute atomic E-state index is 9.12. The lowest BCUT2D eigenvalue weighted by molar-refractivity contribution is 0.238. The van der Waals surface area contributed by atoms with Crippen molar-refractivity contribution in [2.24, 2.45) is 0 Å². The first kappa shape index (κ1) is 6.42. The van der Waals surface area contributed by atoms with Crippen molar-refractivity contribution in [2.75, 3.05) is 10.6 Å². The molecule has 58 valence electrons. The summed E-state index contributed by atoms with van der Waals surface area (Å²) in [5, 5.41) is 14.8. The molecule has 0 saturated heterocycles. The smallest absolute Gasteiger partial charge is 0.203 e. The molecule has 0 aliphatic carbocycles. The zero-order chi connectivity index (χ0) is 7.84. The highest BCUT2D eigenvalue weighted by Crippen LogP contribution is 2.29. The molecule has 2 heterocycles. The first-order valence-corrected chi connectivity index (χ1v) is 3.43. The van der Waals surface area contributed by atoms with E-state index in [9.17, 15) is 0 Å². The number of nitrogens with zero attached hydrogens (tertiary/aromatic N) is 1. The maximum atomic E-state index is 9.12. The number of hydrogen-bond donors (Lipinski definition) is 3. The Bertz CT molecular complexity index is 287. The zero-order valence-electron chi connectivity index (χ0n) is 6.13. The van der Waals surface area contributed by atoms with Crippen LogP contribution < -0.4 is 10.6 Å². The number of pyridine rings is 1. The van der Waals surface area contributed by atoms with Gasteiger partial charge >= 0.3 is 0 Å². The number of aliphatic hydroxyl groups excluding tert-OH is 1. The summed E-state index contributed by atoms with van der Waals surface area (Å²) in [5.74, 6) is 0. The minimum Gasteiger partial charge on any atom is -0.357 e. The number of nitrogens with one attached hydrogen (secondary N) is 2. The molecule has 1 aromatic heterocycles. The first-order valence-electron chi connectivity index (χ1n) is 3.43. The van der Waals surface area contributed by atoms with E-state index < -0.39 is 6.35 Å². The molecule has 2 rings (SSSR count). The third-order valence-corrected chi connectivity index (χ3v) is 1.71. The lowest BCUT2D eigenvalue weighted by Gasteiger charge is -2.01. The molecule has 1 atom stereocenters. The average Bonchev–Trinajstić information content (AvgIpc) is 2.31. The van der Waals surface area contributed by atoms with Gasteiger partial charge in [-0.1, -0.05) is 0 Å². The number of fused-ring (bicyclic) bond motifs is 1. The molecule has 1 unspecified atom stereocenters. The highest BCUT2D eigenvalue weighted by molar-refractivity contribution is 5.75. The van der Waals surface area contributed by atoms with Crippen LogP contribution >= 0.6 is 0 Å². The van der Waals surface area contributed by atoms with Crippen LogP contribution in [0.3, 0.4) is 0 Å². The van der Waals surface area contributed by atoms with Gasteiger partial charge in [0, 0.05) is 6.20 Å². The van der Waals surface area contributed by atoms with Crippen molar-refractivity contribution < 1.29 is 5.11 Å². The van der Waals surface area contributed by atoms with E-state index in [0.717, 1.165) is 16.9 Å². The molecule has 1 aromatic rings. The molecular weight excluding hydrogens is 142 g/mol. The Morgan fingerprint density at radius 2 is 2.27 bits per heavy atom. The Morgan fingerprint density at radius 1 is 1.45 bits per heavy atom. The number of hydrogen-bond acceptors (Lipinski definition) is 4. The minimum absolute atomic E-state index is 0.673. The van der Waals surface area contributed by atoms with E-state index in [0.29, 0.717) is 0 Å². The number of aromatic nitrogens is 1. The monoisotopic (exact) mass is 151 g/mol. The Hall–Kier alpha value is -1.29. The molecule has 0 radical (unpaired) electrons. The Morgan fingerprint density at radius 3 is 3.00 bits per heavy atom. The molecular formula is C7H9N3O. The van der Waals surface area contributed by atoms with Gasteiger partial charge in [0.15, 0.2) is 0 Å². The number of anilines is 2. The van der Waals surface area contributed by atoms with Gasteiger partial charge in [0.05, 0.1) is 17.6 Å². The minimum atomic E-state index is -0.673. The second kappa shape index (κ2) is 2.10. The van der Waals surface area contributed by atoms with Crippen LogP contribution in [0, 0.1) is 6.92 Å². The second-order valence-electron chi connectivity index (χ2n) is 2.57. The van der Waals surface area contributed by atoms with Crippen molar-refractivity contribution in [3.05, 3.63) is 18.0 Å². The van der Waals surface area contributed by atoms with Crippen LogP contribution in [0.2, 0.25) is 0 Å². The fraction of sp³-hybridized carbons (Fsp3) is 0.286. The molecule has 0 aromatic carbocycles. The van der Waals surface area contributed by atoms with E-state index in [1.165, 1.54) is 0 Å². The van der Waals surface area contributed by atoms with Crippen molar-refractivity contribution in [2.45, 2.75) is 13.3 Å². The summed E-state index contributed by atoms with van der Waals surface area (Å²) in [4.78, 5) is 3.98. The van der Waals surface area contributed by atoms with Gasteiger partial charge in [0.2, 0.25) is 6.35 Å². The fourth-order valence-electron chi connectivity index (χ4n) is 1.19. The van der Waals surface area contributed by atoms with Gasteiger partial charge in [-0.2, -0.15) is 0 Å². The predicted molar refractivity (Wildman–Crippen MR) is 42.2 cm³/mol. The molecule has 0 saturated carbocycles. The van der Waals surface area contributed by atoms with Crippen LogP contribution in [-0.4, -0.2) is 16.4 Å². The van der Waals surface area contributed by atoms with Crippen LogP contribution in [0.15, 0.2) is 12.4 Å². The molecule has 0 amide bonds. The highest BCUT2D eigenvalue weighted by Gasteiger charge is 2.17. The van der Waals surface area contributed by atoms with Crippen LogP contribution in [0.4, 0.5) is 11.4 Å². The SMILES string of the molecule is Cc1cncc2c1NC(O)N2. The molecule has 0 fully saturated rings. The lowest BCUT2D eigenvalue weighted by Crippen LogP contribution is -2.20. The maximum Gasteiger partial charge on any atom is 0.203 e. The molecule has 1 aliphatic heterocycles. The van der Waals surface area contributed by atoms with Gasteiger partial charge in [-0.15, -0.1) is 0 Å². The summed E-state index contributed by atoms with van der Waals surface area (Å²) in [6, 6.07) is 0. The lowest BCUT2D eigenvalue weighted by atomic mass is 10.2. The Balaban J connectivity index is 2.49. The third-order valence-electron chi connectivity index (χ3n) is 1.71. The topological polar surface area (TPSA) is 57.2 Å². The van der Waals surface area contributed by atoms with E-state index >= 15 is 0 Å². The summed E-state index contributed by atoms with van der Waals surface area (Å²) < 4.78 is 0. The Kier molecular flexibility index (Phi) is 1.22. The van der Waals surface area contributed by atoms with Crippen LogP contribution in [0.25, 0.3) is 0 Å². The molecule has 1 aliphatic rings. The summed E-state index contributed by atoms with van der Waals surface area (Å²) >= 11 is 0. The Labute approximate surface area is 64.3 Å². The predicted octanol–water partition coefficient (Wildman–Crippen LogP) is 0.503. The van der Waals surface area contributed by atoms with Gasteiger partial charge in [-0.05, 0) is 12.5 Å². The standard InChI is InChI=1S/C7H9N3O/c1-4-2-8-3-5-6(4)10-7(11)9-5/h2-3,7,9-11H,1H3. The van der Waals surface area contributed by atoms with E-state index in [4.69, 9.17) is 5.11 Å². The van der Waals surface area contributed by atoms with Crippen molar-refractivity contribution in [1.82, 2.24) is 4.98 Å². The van der Waals surface area contributed by atoms with Gasteiger partial charge in [-0.25, -0.2) is 0 Å². The van der Waals surface area contributed by atoms with Crippen molar-refractivity contribution in [3.63, 3.8) is 0 Å². The van der Waals surface area contributed by atoms with Gasteiger partial charge in [0.1, 0.15) is 0 Å². The normalized spacial score (nSPS) is 20.4. The van der Waals surface area contributed by atoms with E-state index in [1.54, 1.807) is 12.4 Å². The summed E-state index contributed by atoms with van der Waals surface area (Å²) in [5.41, 5.74) is 2.83. The second-order valence-corrected chi connectivity index (χ2v) is 2.57. The summed E-state index contributed by atoms with van der Waals surface area (Å²) in [6.45, 7) is 1.94. The number of rotatable bonds is 0. The molecule has 3 N–H and O–H groups in total. The molecule has 11 heavy (non-hydrogen) atoms. The number of aryl methyl sites for hydroxylation is 1. The van der Waals surface area contributed by atoms with Crippen LogP contribution in [0.5, 0.6) is 0 Å². The van der Waals surface area contributed by atoms with Crippen molar-refractivity contribution in [1.29, 1.82) is 0 Å². The van der Waals surface area contributed by atoms with E-state index in [-0.39, 0.29) is 0 Å². The third kappa shape index (κ3) is 0.914. The average molecular weight is 151 g/mol. The van der Waals surface area contributed by atoms with Crippen LogP contribution in [-0.2, 0) is 0 Å².